The van der Waals surface area contributed by atoms with Gasteiger partial charge in [0.15, 0.2) is 0 Å². The molecular weight excluding hydrogens is 289 g/mol. The van der Waals surface area contributed by atoms with Gasteiger partial charge >= 0.3 is 0 Å². The van der Waals surface area contributed by atoms with E-state index in [1.165, 1.54) is 12.1 Å². The number of hydrogen-bond donors (Lipinski definition) is 1. The van der Waals surface area contributed by atoms with Gasteiger partial charge in [-0.1, -0.05) is 57.2 Å². The van der Waals surface area contributed by atoms with Gasteiger partial charge in [0.1, 0.15) is 5.82 Å². The van der Waals surface area contributed by atoms with Crippen molar-refractivity contribution >= 4 is 5.91 Å². The molecule has 2 aromatic rings. The molecule has 3 heteroatoms. The summed E-state index contributed by atoms with van der Waals surface area (Å²) in [5.74, 6) is -0.746. The molecule has 2 N–H and O–H groups in total. The molecular formula is C20H22FNO. The van der Waals surface area contributed by atoms with E-state index in [1.54, 1.807) is 6.07 Å². The van der Waals surface area contributed by atoms with Crippen LogP contribution in [0.15, 0.2) is 48.5 Å². The van der Waals surface area contributed by atoms with E-state index in [-0.39, 0.29) is 23.1 Å². The van der Waals surface area contributed by atoms with Crippen molar-refractivity contribution in [2.75, 3.05) is 0 Å². The molecule has 3 rings (SSSR count). The van der Waals surface area contributed by atoms with Gasteiger partial charge in [-0.2, -0.15) is 0 Å². The number of nitrogens with two attached hydrogens (primary N) is 1. The minimum Gasteiger partial charge on any atom is -0.369 e. The van der Waals surface area contributed by atoms with Crippen LogP contribution in [0.5, 0.6) is 0 Å². The Morgan fingerprint density at radius 2 is 1.83 bits per heavy atom. The number of benzene rings is 2. The highest BCUT2D eigenvalue weighted by molar-refractivity contribution is 5.95. The molecule has 1 aliphatic carbocycles. The lowest BCUT2D eigenvalue weighted by molar-refractivity contribution is -0.121. The SMILES string of the molecule is CCc1ccc(F)cc1C1(C(N)=O)C(c2ccccc2)C1(C)C. The van der Waals surface area contributed by atoms with Gasteiger partial charge in [0.05, 0.1) is 5.41 Å². The zero-order valence-electron chi connectivity index (χ0n) is 13.8. The van der Waals surface area contributed by atoms with E-state index in [2.05, 4.69) is 0 Å². The molecule has 2 atom stereocenters. The Morgan fingerprint density at radius 1 is 1.17 bits per heavy atom. The monoisotopic (exact) mass is 311 g/mol. The number of aryl methyl sites for hydroxylation is 1. The van der Waals surface area contributed by atoms with E-state index in [1.807, 2.05) is 51.1 Å². The van der Waals surface area contributed by atoms with Crippen molar-refractivity contribution in [1.82, 2.24) is 0 Å². The molecule has 0 heterocycles. The van der Waals surface area contributed by atoms with Crippen LogP contribution in [-0.4, -0.2) is 5.91 Å². The van der Waals surface area contributed by atoms with Crippen LogP contribution in [0.2, 0.25) is 0 Å². The fourth-order valence-corrected chi connectivity index (χ4v) is 4.39. The minimum atomic E-state index is -0.859. The summed E-state index contributed by atoms with van der Waals surface area (Å²) in [4.78, 5) is 12.6. The molecule has 0 aromatic heterocycles. The quantitative estimate of drug-likeness (QED) is 0.913. The Morgan fingerprint density at radius 3 is 2.39 bits per heavy atom. The third kappa shape index (κ3) is 2.03. The zero-order valence-corrected chi connectivity index (χ0v) is 13.8. The number of carbonyl (C=O) groups excluding carboxylic acids is 1. The first-order chi connectivity index (χ1) is 10.9. The summed E-state index contributed by atoms with van der Waals surface area (Å²) in [5.41, 5.74) is 7.47. The molecule has 0 saturated heterocycles. The van der Waals surface area contributed by atoms with Crippen LogP contribution in [0.4, 0.5) is 4.39 Å². The Bertz CT molecular complexity index is 753. The fraction of sp³-hybridized carbons (Fsp3) is 0.350. The van der Waals surface area contributed by atoms with Crippen LogP contribution in [0.25, 0.3) is 0 Å². The van der Waals surface area contributed by atoms with Crippen molar-refractivity contribution in [2.45, 2.75) is 38.5 Å². The number of hydrogen-bond acceptors (Lipinski definition) is 1. The van der Waals surface area contributed by atoms with E-state index in [0.29, 0.717) is 0 Å². The third-order valence-electron chi connectivity index (χ3n) is 5.49. The third-order valence-corrected chi connectivity index (χ3v) is 5.49. The highest BCUT2D eigenvalue weighted by Gasteiger charge is 2.76. The number of rotatable bonds is 4. The average molecular weight is 311 g/mol. The van der Waals surface area contributed by atoms with Gasteiger partial charge in [-0.3, -0.25) is 4.79 Å². The molecule has 1 amide bonds. The van der Waals surface area contributed by atoms with Crippen molar-refractivity contribution < 1.29 is 9.18 Å². The average Bonchev–Trinajstić information content (AvgIpc) is 3.06. The molecule has 2 aromatic carbocycles. The van der Waals surface area contributed by atoms with Gasteiger partial charge < -0.3 is 5.73 Å². The Kier molecular flexibility index (Phi) is 3.55. The predicted molar refractivity (Wildman–Crippen MR) is 89.6 cm³/mol. The van der Waals surface area contributed by atoms with Crippen LogP contribution in [0.3, 0.4) is 0 Å². The number of primary amides is 1. The Balaban J connectivity index is 2.24. The summed E-state index contributed by atoms with van der Waals surface area (Å²) >= 11 is 0. The van der Waals surface area contributed by atoms with Gasteiger partial charge in [-0.15, -0.1) is 0 Å². The lowest BCUT2D eigenvalue weighted by atomic mass is 9.82. The number of amides is 1. The second-order valence-electron chi connectivity index (χ2n) is 6.89. The molecule has 23 heavy (non-hydrogen) atoms. The number of halogens is 1. The molecule has 2 nitrogen and oxygen atoms in total. The normalized spacial score (nSPS) is 25.1. The van der Waals surface area contributed by atoms with Gasteiger partial charge in [0.2, 0.25) is 5.91 Å². The fourth-order valence-electron chi connectivity index (χ4n) is 4.39. The number of carbonyl (C=O) groups is 1. The molecule has 1 aliphatic rings. The summed E-state index contributed by atoms with van der Waals surface area (Å²) in [6.07, 6.45) is 0.738. The summed E-state index contributed by atoms with van der Waals surface area (Å²) in [5, 5.41) is 0. The molecule has 2 unspecified atom stereocenters. The van der Waals surface area contributed by atoms with Crippen LogP contribution in [0.1, 0.15) is 43.4 Å². The van der Waals surface area contributed by atoms with Crippen molar-refractivity contribution in [3.05, 3.63) is 71.0 Å². The zero-order chi connectivity index (χ0) is 16.8. The van der Waals surface area contributed by atoms with Crippen LogP contribution in [0, 0.1) is 11.2 Å². The second kappa shape index (κ2) is 5.19. The largest absolute Gasteiger partial charge is 0.369 e. The van der Waals surface area contributed by atoms with Gasteiger partial charge in [0, 0.05) is 5.92 Å². The van der Waals surface area contributed by atoms with E-state index < -0.39 is 5.41 Å². The van der Waals surface area contributed by atoms with Crippen LogP contribution >= 0.6 is 0 Å². The minimum absolute atomic E-state index is 0.0409. The lowest BCUT2D eigenvalue weighted by Gasteiger charge is -2.21. The molecule has 0 bridgehead atoms. The molecule has 1 fully saturated rings. The van der Waals surface area contributed by atoms with E-state index in [0.717, 1.165) is 23.1 Å². The first kappa shape index (κ1) is 15.7. The van der Waals surface area contributed by atoms with Crippen molar-refractivity contribution in [1.29, 1.82) is 0 Å². The maximum atomic E-state index is 13.9. The molecule has 1 saturated carbocycles. The smallest absolute Gasteiger partial charge is 0.229 e. The lowest BCUT2D eigenvalue weighted by Crippen LogP contribution is -2.34. The molecule has 0 aliphatic heterocycles. The van der Waals surface area contributed by atoms with Gasteiger partial charge in [0.25, 0.3) is 0 Å². The molecule has 0 radical (unpaired) electrons. The van der Waals surface area contributed by atoms with E-state index in [9.17, 15) is 9.18 Å². The maximum absolute atomic E-state index is 13.9. The first-order valence-corrected chi connectivity index (χ1v) is 8.01. The highest BCUT2D eigenvalue weighted by atomic mass is 19.1. The van der Waals surface area contributed by atoms with Gasteiger partial charge in [-0.05, 0) is 40.7 Å². The standard InChI is InChI=1S/C20H22FNO/c1-4-13-10-11-15(21)12-16(13)20(18(22)23)17(19(20,2)3)14-8-6-5-7-9-14/h5-12,17H,4H2,1-3H3,(H2,22,23). The highest BCUT2D eigenvalue weighted by Crippen LogP contribution is 2.74. The summed E-state index contributed by atoms with van der Waals surface area (Å²) in [6, 6.07) is 14.6. The topological polar surface area (TPSA) is 43.1 Å². The maximum Gasteiger partial charge on any atom is 0.229 e. The summed E-state index contributed by atoms with van der Waals surface area (Å²) in [7, 11) is 0. The van der Waals surface area contributed by atoms with Crippen LogP contribution < -0.4 is 5.73 Å². The van der Waals surface area contributed by atoms with Crippen molar-refractivity contribution in [2.24, 2.45) is 11.1 Å². The van der Waals surface area contributed by atoms with E-state index >= 15 is 0 Å². The Labute approximate surface area is 136 Å². The first-order valence-electron chi connectivity index (χ1n) is 8.01. The van der Waals surface area contributed by atoms with Gasteiger partial charge in [-0.25, -0.2) is 4.39 Å². The Hall–Kier alpha value is -2.16. The second-order valence-corrected chi connectivity index (χ2v) is 6.89. The summed E-state index contributed by atoms with van der Waals surface area (Å²) in [6.45, 7) is 6.10. The van der Waals surface area contributed by atoms with Crippen LogP contribution in [-0.2, 0) is 16.6 Å². The molecule has 0 spiro atoms. The molecule has 120 valence electrons. The van der Waals surface area contributed by atoms with E-state index in [4.69, 9.17) is 5.73 Å². The predicted octanol–water partition coefficient (Wildman–Crippen LogP) is 3.93. The van der Waals surface area contributed by atoms with Crippen molar-refractivity contribution in [3.63, 3.8) is 0 Å². The van der Waals surface area contributed by atoms with Crippen molar-refractivity contribution in [3.8, 4) is 0 Å². The summed E-state index contributed by atoms with van der Waals surface area (Å²) < 4.78 is 13.9.